The second-order valence-electron chi connectivity index (χ2n) is 8.84. The first kappa shape index (κ1) is 29.8. The van der Waals surface area contributed by atoms with Gasteiger partial charge in [0.05, 0.1) is 34.9 Å². The Labute approximate surface area is 229 Å². The number of carboxylic acids is 1. The standard InChI is InChI=1S/C28H29ClF3N3O4/c1-2-3-4-21(35-20-8-5-18(6-9-20)27(38)33-14-13-26(36)37)17-39-22-10-12-25(34-16-22)23-11-7-19(15-24(23)29)28(30,31)32/h5-12,15-16,21,35H,2-4,13-14,17H2,1H3,(H,33,38)(H,36,37). The fourth-order valence-electron chi connectivity index (χ4n) is 3.71. The Morgan fingerprint density at radius 2 is 1.85 bits per heavy atom. The molecule has 0 bridgehead atoms. The van der Waals surface area contributed by atoms with Gasteiger partial charge in [0.2, 0.25) is 0 Å². The lowest BCUT2D eigenvalue weighted by Gasteiger charge is -2.20. The maximum absolute atomic E-state index is 12.9. The SMILES string of the molecule is CCCCC(COc1ccc(-c2ccc(C(F)(F)F)cc2Cl)nc1)Nc1ccc(C(=O)NCCC(=O)O)cc1. The predicted octanol–water partition coefficient (Wildman–Crippen LogP) is 6.68. The average molecular weight is 564 g/mol. The number of hydrogen-bond acceptors (Lipinski definition) is 5. The van der Waals surface area contributed by atoms with Crippen LogP contribution in [0.3, 0.4) is 0 Å². The fraction of sp³-hybridized carbons (Fsp3) is 0.321. The topological polar surface area (TPSA) is 101 Å². The van der Waals surface area contributed by atoms with Crippen LogP contribution in [0.25, 0.3) is 11.3 Å². The van der Waals surface area contributed by atoms with Crippen LogP contribution in [0.2, 0.25) is 5.02 Å². The third-order valence-corrected chi connectivity index (χ3v) is 6.12. The highest BCUT2D eigenvalue weighted by Crippen LogP contribution is 2.35. The van der Waals surface area contributed by atoms with Gasteiger partial charge in [0.15, 0.2) is 0 Å². The van der Waals surface area contributed by atoms with Gasteiger partial charge < -0.3 is 20.5 Å². The third-order valence-electron chi connectivity index (χ3n) is 5.81. The maximum atomic E-state index is 12.9. The van der Waals surface area contributed by atoms with Gasteiger partial charge in [-0.1, -0.05) is 37.4 Å². The van der Waals surface area contributed by atoms with Crippen LogP contribution in [0.4, 0.5) is 18.9 Å². The van der Waals surface area contributed by atoms with Crippen molar-refractivity contribution in [3.8, 4) is 17.0 Å². The second-order valence-corrected chi connectivity index (χ2v) is 9.25. The Balaban J connectivity index is 1.59. The Bertz CT molecular complexity index is 1250. The number of hydrogen-bond donors (Lipinski definition) is 3. The highest BCUT2D eigenvalue weighted by molar-refractivity contribution is 6.33. The van der Waals surface area contributed by atoms with Crippen molar-refractivity contribution < 1.29 is 32.6 Å². The third kappa shape index (κ3) is 9.17. The molecule has 1 amide bonds. The molecule has 3 aromatic rings. The number of carboxylic acid groups (broad SMARTS) is 1. The second kappa shape index (κ2) is 13.8. The van der Waals surface area contributed by atoms with Gasteiger partial charge in [-0.15, -0.1) is 0 Å². The van der Waals surface area contributed by atoms with E-state index in [1.165, 1.54) is 12.3 Å². The molecule has 0 radical (unpaired) electrons. The molecule has 3 rings (SSSR count). The molecule has 0 spiro atoms. The molecule has 1 aromatic heterocycles. The van der Waals surface area contributed by atoms with Gasteiger partial charge in [-0.05, 0) is 55.0 Å². The molecule has 0 aliphatic rings. The lowest BCUT2D eigenvalue weighted by Crippen LogP contribution is -2.27. The van der Waals surface area contributed by atoms with E-state index in [2.05, 4.69) is 22.5 Å². The van der Waals surface area contributed by atoms with Crippen molar-refractivity contribution >= 4 is 29.2 Å². The molecular weight excluding hydrogens is 535 g/mol. The number of nitrogens with zero attached hydrogens (tertiary/aromatic N) is 1. The Morgan fingerprint density at radius 3 is 2.44 bits per heavy atom. The molecule has 0 saturated heterocycles. The number of aliphatic carboxylic acids is 1. The van der Waals surface area contributed by atoms with Gasteiger partial charge in [0.25, 0.3) is 5.91 Å². The van der Waals surface area contributed by atoms with E-state index in [-0.39, 0.29) is 29.9 Å². The van der Waals surface area contributed by atoms with Gasteiger partial charge in [-0.3, -0.25) is 14.6 Å². The number of unbranched alkanes of at least 4 members (excludes halogenated alkanes) is 1. The number of anilines is 1. The van der Waals surface area contributed by atoms with Crippen molar-refractivity contribution in [3.63, 3.8) is 0 Å². The van der Waals surface area contributed by atoms with Crippen molar-refractivity contribution in [1.82, 2.24) is 10.3 Å². The van der Waals surface area contributed by atoms with E-state index >= 15 is 0 Å². The summed E-state index contributed by atoms with van der Waals surface area (Å²) in [5.41, 5.74) is 1.21. The van der Waals surface area contributed by atoms with Crippen LogP contribution in [0.15, 0.2) is 60.8 Å². The predicted molar refractivity (Wildman–Crippen MR) is 143 cm³/mol. The molecule has 1 heterocycles. The number of alkyl halides is 3. The Morgan fingerprint density at radius 1 is 1.10 bits per heavy atom. The van der Waals surface area contributed by atoms with Crippen LogP contribution < -0.4 is 15.4 Å². The number of rotatable bonds is 13. The van der Waals surface area contributed by atoms with Crippen molar-refractivity contribution in [2.24, 2.45) is 0 Å². The number of carbonyl (C=O) groups excluding carboxylic acids is 1. The van der Waals surface area contributed by atoms with Gasteiger partial charge in [0.1, 0.15) is 12.4 Å². The van der Waals surface area contributed by atoms with E-state index in [4.69, 9.17) is 21.4 Å². The number of ether oxygens (including phenoxy) is 1. The summed E-state index contributed by atoms with van der Waals surface area (Å²) in [6.07, 6.45) is -0.327. The van der Waals surface area contributed by atoms with E-state index in [9.17, 15) is 22.8 Å². The number of nitrogens with one attached hydrogen (secondary N) is 2. The smallest absolute Gasteiger partial charge is 0.416 e. The largest absolute Gasteiger partial charge is 0.490 e. The monoisotopic (exact) mass is 563 g/mol. The van der Waals surface area contributed by atoms with E-state index in [0.29, 0.717) is 29.2 Å². The van der Waals surface area contributed by atoms with Gasteiger partial charge in [-0.2, -0.15) is 13.2 Å². The quantitative estimate of drug-likeness (QED) is 0.215. The first-order valence-corrected chi connectivity index (χ1v) is 12.8. The molecule has 0 saturated carbocycles. The number of amides is 1. The number of halogens is 4. The lowest BCUT2D eigenvalue weighted by molar-refractivity contribution is -0.138. The molecule has 1 unspecified atom stereocenters. The zero-order valence-corrected chi connectivity index (χ0v) is 22.0. The molecule has 0 aliphatic carbocycles. The summed E-state index contributed by atoms with van der Waals surface area (Å²) in [7, 11) is 0. The minimum absolute atomic E-state index is 0.0378. The first-order valence-electron chi connectivity index (χ1n) is 12.4. The zero-order valence-electron chi connectivity index (χ0n) is 21.2. The number of aromatic nitrogens is 1. The summed E-state index contributed by atoms with van der Waals surface area (Å²) in [6, 6.07) is 13.3. The molecule has 208 valence electrons. The summed E-state index contributed by atoms with van der Waals surface area (Å²) in [4.78, 5) is 27.0. The summed E-state index contributed by atoms with van der Waals surface area (Å²) in [5.74, 6) is -0.828. The van der Waals surface area contributed by atoms with Crippen LogP contribution in [-0.4, -0.2) is 41.2 Å². The van der Waals surface area contributed by atoms with E-state index in [1.54, 1.807) is 36.4 Å². The minimum atomic E-state index is -4.48. The number of carbonyl (C=O) groups is 2. The number of pyridine rings is 1. The number of benzene rings is 2. The average Bonchev–Trinajstić information content (AvgIpc) is 2.90. The van der Waals surface area contributed by atoms with Crippen LogP contribution in [0, 0.1) is 0 Å². The van der Waals surface area contributed by atoms with Gasteiger partial charge >= 0.3 is 12.1 Å². The molecule has 39 heavy (non-hydrogen) atoms. The summed E-state index contributed by atoms with van der Waals surface area (Å²) in [6.45, 7) is 2.47. The van der Waals surface area contributed by atoms with Crippen LogP contribution in [0.1, 0.15) is 48.5 Å². The maximum Gasteiger partial charge on any atom is 0.416 e. The molecular formula is C28H29ClF3N3O4. The van der Waals surface area contributed by atoms with Crippen LogP contribution >= 0.6 is 11.6 Å². The van der Waals surface area contributed by atoms with Crippen LogP contribution in [0.5, 0.6) is 5.75 Å². The molecule has 3 N–H and O–H groups in total. The van der Waals surface area contributed by atoms with E-state index in [1.807, 2.05) is 0 Å². The highest BCUT2D eigenvalue weighted by Gasteiger charge is 2.31. The summed E-state index contributed by atoms with van der Waals surface area (Å²) < 4.78 is 44.6. The van der Waals surface area contributed by atoms with Crippen molar-refractivity contribution in [2.75, 3.05) is 18.5 Å². The van der Waals surface area contributed by atoms with Crippen molar-refractivity contribution in [2.45, 2.75) is 44.8 Å². The molecule has 0 fully saturated rings. The molecule has 1 atom stereocenters. The summed E-state index contributed by atoms with van der Waals surface area (Å²) >= 11 is 6.08. The molecule has 0 aliphatic heterocycles. The van der Waals surface area contributed by atoms with Crippen LogP contribution in [-0.2, 0) is 11.0 Å². The van der Waals surface area contributed by atoms with Gasteiger partial charge in [-0.25, -0.2) is 0 Å². The minimum Gasteiger partial charge on any atom is -0.490 e. The molecule has 7 nitrogen and oxygen atoms in total. The molecule has 2 aromatic carbocycles. The Hall–Kier alpha value is -3.79. The van der Waals surface area contributed by atoms with Crippen molar-refractivity contribution in [3.05, 3.63) is 76.9 Å². The van der Waals surface area contributed by atoms with E-state index in [0.717, 1.165) is 37.1 Å². The lowest BCUT2D eigenvalue weighted by atomic mass is 10.1. The normalized spacial score (nSPS) is 12.0. The fourth-order valence-corrected chi connectivity index (χ4v) is 3.98. The van der Waals surface area contributed by atoms with E-state index < -0.39 is 17.7 Å². The Kier molecular flexibility index (Phi) is 10.6. The van der Waals surface area contributed by atoms with Crippen molar-refractivity contribution in [1.29, 1.82) is 0 Å². The highest BCUT2D eigenvalue weighted by atomic mass is 35.5. The van der Waals surface area contributed by atoms with Gasteiger partial charge in [0, 0.05) is 23.4 Å². The first-order chi connectivity index (χ1) is 18.6. The summed E-state index contributed by atoms with van der Waals surface area (Å²) in [5, 5.41) is 14.6. The molecule has 11 heteroatoms. The zero-order chi connectivity index (χ0) is 28.4.